The third-order valence-electron chi connectivity index (χ3n) is 3.97. The van der Waals surface area contributed by atoms with E-state index in [1.807, 2.05) is 7.05 Å². The number of aryl methyl sites for hydroxylation is 1. The van der Waals surface area contributed by atoms with Gasteiger partial charge >= 0.3 is 0 Å². The van der Waals surface area contributed by atoms with Crippen LogP contribution in [-0.4, -0.2) is 29.6 Å². The highest BCUT2D eigenvalue weighted by molar-refractivity contribution is 5.59. The van der Waals surface area contributed by atoms with E-state index in [2.05, 4.69) is 56.9 Å². The van der Waals surface area contributed by atoms with Crippen LogP contribution < -0.4 is 10.2 Å². The van der Waals surface area contributed by atoms with Crippen molar-refractivity contribution in [2.24, 2.45) is 0 Å². The van der Waals surface area contributed by atoms with Crippen molar-refractivity contribution in [3.63, 3.8) is 0 Å². The van der Waals surface area contributed by atoms with E-state index in [1.165, 1.54) is 0 Å². The van der Waals surface area contributed by atoms with Gasteiger partial charge in [0, 0.05) is 31.6 Å². The van der Waals surface area contributed by atoms with Crippen LogP contribution in [0.5, 0.6) is 0 Å². The van der Waals surface area contributed by atoms with E-state index in [9.17, 15) is 0 Å². The molecule has 0 saturated heterocycles. The van der Waals surface area contributed by atoms with E-state index in [4.69, 9.17) is 4.98 Å². The van der Waals surface area contributed by atoms with Gasteiger partial charge in [0.1, 0.15) is 17.5 Å². The Labute approximate surface area is 117 Å². The quantitative estimate of drug-likeness (QED) is 0.855. The molecule has 0 aromatic carbocycles. The average Bonchev–Trinajstić information content (AvgIpc) is 2.40. The molecule has 19 heavy (non-hydrogen) atoms. The zero-order valence-corrected chi connectivity index (χ0v) is 13.5. The number of aromatic nitrogens is 2. The van der Waals surface area contributed by atoms with Crippen molar-refractivity contribution in [3.8, 4) is 0 Å². The summed E-state index contributed by atoms with van der Waals surface area (Å²) in [5.41, 5.74) is 1.21. The molecule has 4 heteroatoms. The first kappa shape index (κ1) is 15.7. The standard InChI is InChI=1S/C15H28N4/c1-8-10-12-17-13(16-6)11(3)14(18-12)19(7)15(4,5)9-2/h8-10H2,1-7H3,(H,16,17,18). The highest BCUT2D eigenvalue weighted by atomic mass is 15.2. The van der Waals surface area contributed by atoms with Crippen molar-refractivity contribution in [3.05, 3.63) is 11.4 Å². The van der Waals surface area contributed by atoms with Gasteiger partial charge in [-0.05, 0) is 33.6 Å². The Bertz CT molecular complexity index is 426. The molecular weight excluding hydrogens is 236 g/mol. The van der Waals surface area contributed by atoms with Crippen LogP contribution in [-0.2, 0) is 6.42 Å². The molecule has 4 nitrogen and oxygen atoms in total. The first-order valence-electron chi connectivity index (χ1n) is 7.16. The van der Waals surface area contributed by atoms with Crippen molar-refractivity contribution < 1.29 is 0 Å². The van der Waals surface area contributed by atoms with Crippen LogP contribution >= 0.6 is 0 Å². The van der Waals surface area contributed by atoms with E-state index < -0.39 is 0 Å². The fourth-order valence-corrected chi connectivity index (χ4v) is 1.98. The predicted octanol–water partition coefficient (Wildman–Crippen LogP) is 3.40. The molecule has 0 aliphatic carbocycles. The van der Waals surface area contributed by atoms with Crippen molar-refractivity contribution in [1.82, 2.24) is 9.97 Å². The van der Waals surface area contributed by atoms with Crippen LogP contribution in [0.3, 0.4) is 0 Å². The molecular formula is C15H28N4. The number of rotatable bonds is 6. The molecule has 0 spiro atoms. The largest absolute Gasteiger partial charge is 0.373 e. The summed E-state index contributed by atoms with van der Waals surface area (Å²) in [5.74, 6) is 2.90. The highest BCUT2D eigenvalue weighted by Crippen LogP contribution is 2.29. The van der Waals surface area contributed by atoms with Crippen molar-refractivity contribution in [2.45, 2.75) is 59.4 Å². The van der Waals surface area contributed by atoms with Crippen LogP contribution in [0.4, 0.5) is 11.6 Å². The van der Waals surface area contributed by atoms with E-state index >= 15 is 0 Å². The Morgan fingerprint density at radius 1 is 1.21 bits per heavy atom. The molecule has 1 heterocycles. The van der Waals surface area contributed by atoms with E-state index in [0.29, 0.717) is 0 Å². The molecule has 0 aliphatic heterocycles. The van der Waals surface area contributed by atoms with Gasteiger partial charge in [-0.2, -0.15) is 0 Å². The Hall–Kier alpha value is -1.32. The van der Waals surface area contributed by atoms with Gasteiger partial charge in [-0.25, -0.2) is 9.97 Å². The summed E-state index contributed by atoms with van der Waals surface area (Å²) in [4.78, 5) is 11.6. The van der Waals surface area contributed by atoms with Gasteiger partial charge in [-0.1, -0.05) is 13.8 Å². The average molecular weight is 264 g/mol. The van der Waals surface area contributed by atoms with Crippen molar-refractivity contribution >= 4 is 11.6 Å². The number of anilines is 2. The molecule has 0 radical (unpaired) electrons. The molecule has 0 amide bonds. The second kappa shape index (κ2) is 6.22. The second-order valence-electron chi connectivity index (χ2n) is 5.66. The van der Waals surface area contributed by atoms with Crippen LogP contribution in [0, 0.1) is 6.92 Å². The van der Waals surface area contributed by atoms with Gasteiger partial charge in [-0.3, -0.25) is 0 Å². The Kier molecular flexibility index (Phi) is 5.15. The lowest BCUT2D eigenvalue weighted by Crippen LogP contribution is -2.41. The second-order valence-corrected chi connectivity index (χ2v) is 5.66. The monoisotopic (exact) mass is 264 g/mol. The maximum Gasteiger partial charge on any atom is 0.137 e. The Morgan fingerprint density at radius 3 is 2.32 bits per heavy atom. The van der Waals surface area contributed by atoms with Gasteiger partial charge in [0.05, 0.1) is 0 Å². The first-order valence-corrected chi connectivity index (χ1v) is 7.16. The summed E-state index contributed by atoms with van der Waals surface area (Å²) in [5, 5.41) is 3.18. The normalized spacial score (nSPS) is 11.5. The van der Waals surface area contributed by atoms with E-state index in [-0.39, 0.29) is 5.54 Å². The van der Waals surface area contributed by atoms with E-state index in [1.54, 1.807) is 0 Å². The summed E-state index contributed by atoms with van der Waals surface area (Å²) in [6.07, 6.45) is 3.06. The SMILES string of the molecule is CCCc1nc(NC)c(C)c(N(C)C(C)(C)CC)n1. The summed E-state index contributed by atoms with van der Waals surface area (Å²) >= 11 is 0. The minimum Gasteiger partial charge on any atom is -0.373 e. The van der Waals surface area contributed by atoms with Crippen LogP contribution in [0.2, 0.25) is 0 Å². The molecule has 1 aromatic heterocycles. The maximum atomic E-state index is 4.76. The highest BCUT2D eigenvalue weighted by Gasteiger charge is 2.25. The third-order valence-corrected chi connectivity index (χ3v) is 3.97. The zero-order valence-electron chi connectivity index (χ0n) is 13.5. The van der Waals surface area contributed by atoms with Gasteiger partial charge in [0.25, 0.3) is 0 Å². The lowest BCUT2D eigenvalue weighted by atomic mass is 9.99. The molecule has 0 unspecified atom stereocenters. The minimum absolute atomic E-state index is 0.0909. The fourth-order valence-electron chi connectivity index (χ4n) is 1.98. The predicted molar refractivity (Wildman–Crippen MR) is 83.1 cm³/mol. The van der Waals surface area contributed by atoms with Crippen LogP contribution in [0.25, 0.3) is 0 Å². The topological polar surface area (TPSA) is 41.1 Å². The van der Waals surface area contributed by atoms with E-state index in [0.717, 1.165) is 42.3 Å². The molecule has 1 rings (SSSR count). The van der Waals surface area contributed by atoms with Gasteiger partial charge in [0.15, 0.2) is 0 Å². The van der Waals surface area contributed by atoms with Gasteiger partial charge in [0.2, 0.25) is 0 Å². The smallest absolute Gasteiger partial charge is 0.137 e. The molecule has 0 atom stereocenters. The number of hydrogen-bond donors (Lipinski definition) is 1. The molecule has 1 aromatic rings. The lowest BCUT2D eigenvalue weighted by molar-refractivity contribution is 0.465. The van der Waals surface area contributed by atoms with Gasteiger partial charge in [-0.15, -0.1) is 0 Å². The molecule has 0 bridgehead atoms. The first-order chi connectivity index (χ1) is 8.87. The summed E-state index contributed by atoms with van der Waals surface area (Å²) < 4.78 is 0. The third kappa shape index (κ3) is 3.37. The molecule has 0 saturated carbocycles. The van der Waals surface area contributed by atoms with Gasteiger partial charge < -0.3 is 10.2 Å². The number of nitrogens with zero attached hydrogens (tertiary/aromatic N) is 3. The lowest BCUT2D eigenvalue weighted by Gasteiger charge is -2.37. The fraction of sp³-hybridized carbons (Fsp3) is 0.733. The summed E-state index contributed by atoms with van der Waals surface area (Å²) in [6.45, 7) is 10.9. The van der Waals surface area contributed by atoms with Crippen LogP contribution in [0.15, 0.2) is 0 Å². The van der Waals surface area contributed by atoms with Crippen molar-refractivity contribution in [2.75, 3.05) is 24.3 Å². The van der Waals surface area contributed by atoms with Crippen molar-refractivity contribution in [1.29, 1.82) is 0 Å². The minimum atomic E-state index is 0.0909. The zero-order chi connectivity index (χ0) is 14.6. The maximum absolute atomic E-state index is 4.76. The van der Waals surface area contributed by atoms with Crippen LogP contribution in [0.1, 0.15) is 51.9 Å². The summed E-state index contributed by atoms with van der Waals surface area (Å²) in [7, 11) is 4.04. The molecule has 0 aliphatic rings. The Morgan fingerprint density at radius 2 is 1.84 bits per heavy atom. The molecule has 0 fully saturated rings. The Balaban J connectivity index is 3.28. The number of hydrogen-bond acceptors (Lipinski definition) is 4. The molecule has 1 N–H and O–H groups in total. The number of nitrogens with one attached hydrogen (secondary N) is 1. The molecule has 108 valence electrons. The summed E-state index contributed by atoms with van der Waals surface area (Å²) in [6, 6.07) is 0.